The summed E-state index contributed by atoms with van der Waals surface area (Å²) in [6.07, 6.45) is 0. The van der Waals surface area contributed by atoms with Gasteiger partial charge >= 0.3 is 0 Å². The predicted molar refractivity (Wildman–Crippen MR) is 84.0 cm³/mol. The number of benzene rings is 2. The van der Waals surface area contributed by atoms with Crippen LogP contribution < -0.4 is 10.1 Å². The van der Waals surface area contributed by atoms with Gasteiger partial charge in [-0.2, -0.15) is 0 Å². The fourth-order valence-electron chi connectivity index (χ4n) is 1.77. The van der Waals surface area contributed by atoms with Crippen LogP contribution in [0.4, 0.5) is 5.69 Å². The van der Waals surface area contributed by atoms with Gasteiger partial charge in [-0.3, -0.25) is 0 Å². The molecule has 3 heteroatoms. The Hall–Kier alpha value is -1.48. The number of hydrogen-bond acceptors (Lipinski definition) is 2. The number of rotatable bonds is 5. The highest BCUT2D eigenvalue weighted by molar-refractivity contribution is 9.10. The van der Waals surface area contributed by atoms with Gasteiger partial charge in [-0.25, -0.2) is 0 Å². The summed E-state index contributed by atoms with van der Waals surface area (Å²) in [4.78, 5) is 0. The summed E-state index contributed by atoms with van der Waals surface area (Å²) in [7, 11) is 0. The summed E-state index contributed by atoms with van der Waals surface area (Å²) >= 11 is 3.45. The molecule has 0 aliphatic heterocycles. The number of aryl methyl sites for hydroxylation is 2. The number of halogens is 1. The first-order valence-electron chi connectivity index (χ1n) is 6.34. The topological polar surface area (TPSA) is 21.3 Å². The average molecular weight is 320 g/mol. The molecule has 0 spiro atoms. The maximum absolute atomic E-state index is 5.72. The van der Waals surface area contributed by atoms with Gasteiger partial charge in [-0.15, -0.1) is 0 Å². The van der Waals surface area contributed by atoms with E-state index in [1.165, 1.54) is 11.1 Å². The lowest BCUT2D eigenvalue weighted by molar-refractivity contribution is 0.332. The minimum atomic E-state index is 0.648. The molecule has 2 aromatic carbocycles. The monoisotopic (exact) mass is 319 g/mol. The van der Waals surface area contributed by atoms with Gasteiger partial charge < -0.3 is 10.1 Å². The molecule has 0 amide bonds. The Morgan fingerprint density at radius 3 is 2.63 bits per heavy atom. The summed E-state index contributed by atoms with van der Waals surface area (Å²) < 4.78 is 6.80. The maximum Gasteiger partial charge on any atom is 0.119 e. The zero-order valence-electron chi connectivity index (χ0n) is 11.2. The quantitative estimate of drug-likeness (QED) is 0.816. The second-order valence-electron chi connectivity index (χ2n) is 4.53. The first-order chi connectivity index (χ1) is 9.15. The standard InChI is InChI=1S/C16H18BrNO/c1-12-6-7-16(10-13(12)2)19-9-8-18-15-5-3-4-14(17)11-15/h3-7,10-11,18H,8-9H2,1-2H3. The molecular weight excluding hydrogens is 302 g/mol. The van der Waals surface area contributed by atoms with Crippen LogP contribution in [-0.4, -0.2) is 13.2 Å². The molecule has 0 saturated heterocycles. The highest BCUT2D eigenvalue weighted by Crippen LogP contribution is 2.17. The van der Waals surface area contributed by atoms with Crippen molar-refractivity contribution >= 4 is 21.6 Å². The van der Waals surface area contributed by atoms with Gasteiger partial charge in [0, 0.05) is 16.7 Å². The van der Waals surface area contributed by atoms with Crippen LogP contribution in [0.2, 0.25) is 0 Å². The van der Waals surface area contributed by atoms with E-state index in [2.05, 4.69) is 53.3 Å². The van der Waals surface area contributed by atoms with Crippen LogP contribution in [0, 0.1) is 13.8 Å². The first kappa shape index (κ1) is 13.9. The lowest BCUT2D eigenvalue weighted by Crippen LogP contribution is -2.11. The normalized spacial score (nSPS) is 10.3. The molecule has 0 saturated carbocycles. The molecule has 19 heavy (non-hydrogen) atoms. The molecule has 0 heterocycles. The van der Waals surface area contributed by atoms with E-state index in [9.17, 15) is 0 Å². The van der Waals surface area contributed by atoms with Crippen LogP contribution in [0.1, 0.15) is 11.1 Å². The highest BCUT2D eigenvalue weighted by Gasteiger charge is 1.97. The number of ether oxygens (including phenoxy) is 1. The van der Waals surface area contributed by atoms with E-state index in [0.29, 0.717) is 6.61 Å². The third-order valence-corrected chi connectivity index (χ3v) is 3.50. The van der Waals surface area contributed by atoms with Crippen molar-refractivity contribution in [3.05, 3.63) is 58.1 Å². The van der Waals surface area contributed by atoms with Crippen molar-refractivity contribution in [1.82, 2.24) is 0 Å². The summed E-state index contributed by atoms with van der Waals surface area (Å²) in [6.45, 7) is 5.63. The van der Waals surface area contributed by atoms with Crippen LogP contribution in [0.15, 0.2) is 46.9 Å². The lowest BCUT2D eigenvalue weighted by atomic mass is 10.1. The van der Waals surface area contributed by atoms with Crippen molar-refractivity contribution in [3.63, 3.8) is 0 Å². The van der Waals surface area contributed by atoms with Crippen molar-refractivity contribution in [1.29, 1.82) is 0 Å². The highest BCUT2D eigenvalue weighted by atomic mass is 79.9. The molecule has 0 unspecified atom stereocenters. The van der Waals surface area contributed by atoms with Crippen molar-refractivity contribution in [2.45, 2.75) is 13.8 Å². The van der Waals surface area contributed by atoms with E-state index in [-0.39, 0.29) is 0 Å². The predicted octanol–water partition coefficient (Wildman–Crippen LogP) is 4.56. The Morgan fingerprint density at radius 2 is 1.89 bits per heavy atom. The summed E-state index contributed by atoms with van der Waals surface area (Å²) in [5.74, 6) is 0.930. The SMILES string of the molecule is Cc1ccc(OCCNc2cccc(Br)c2)cc1C. The van der Waals surface area contributed by atoms with Crippen LogP contribution >= 0.6 is 15.9 Å². The molecule has 0 aromatic heterocycles. The Balaban J connectivity index is 1.79. The van der Waals surface area contributed by atoms with Gasteiger partial charge in [0.25, 0.3) is 0 Å². The van der Waals surface area contributed by atoms with Crippen molar-refractivity contribution in [2.24, 2.45) is 0 Å². The van der Waals surface area contributed by atoms with E-state index in [4.69, 9.17) is 4.74 Å². The van der Waals surface area contributed by atoms with E-state index in [1.54, 1.807) is 0 Å². The van der Waals surface area contributed by atoms with Gasteiger partial charge in [0.05, 0.1) is 0 Å². The lowest BCUT2D eigenvalue weighted by Gasteiger charge is -2.10. The third kappa shape index (κ3) is 4.28. The first-order valence-corrected chi connectivity index (χ1v) is 7.14. The minimum Gasteiger partial charge on any atom is -0.492 e. The van der Waals surface area contributed by atoms with Crippen molar-refractivity contribution in [2.75, 3.05) is 18.5 Å². The number of anilines is 1. The summed E-state index contributed by atoms with van der Waals surface area (Å²) in [6, 6.07) is 14.3. The Bertz CT molecular complexity index is 554. The van der Waals surface area contributed by atoms with Gasteiger partial charge in [-0.1, -0.05) is 28.1 Å². The second kappa shape index (κ2) is 6.62. The fraction of sp³-hybridized carbons (Fsp3) is 0.250. The molecule has 100 valence electrons. The average Bonchev–Trinajstić information content (AvgIpc) is 2.39. The Kier molecular flexibility index (Phi) is 4.86. The largest absolute Gasteiger partial charge is 0.492 e. The fourth-order valence-corrected chi connectivity index (χ4v) is 2.17. The molecule has 0 aliphatic rings. The summed E-state index contributed by atoms with van der Waals surface area (Å²) in [5, 5.41) is 3.33. The zero-order chi connectivity index (χ0) is 13.7. The number of nitrogens with one attached hydrogen (secondary N) is 1. The summed E-state index contributed by atoms with van der Waals surface area (Å²) in [5.41, 5.74) is 3.65. The van der Waals surface area contributed by atoms with E-state index in [1.807, 2.05) is 24.3 Å². The molecular formula is C16H18BrNO. The number of hydrogen-bond donors (Lipinski definition) is 1. The Morgan fingerprint density at radius 1 is 1.05 bits per heavy atom. The van der Waals surface area contributed by atoms with Crippen molar-refractivity contribution in [3.8, 4) is 5.75 Å². The van der Waals surface area contributed by atoms with Crippen LogP contribution in [-0.2, 0) is 0 Å². The van der Waals surface area contributed by atoms with Crippen molar-refractivity contribution < 1.29 is 4.74 Å². The molecule has 2 rings (SSSR count). The molecule has 2 nitrogen and oxygen atoms in total. The molecule has 1 N–H and O–H groups in total. The van der Waals surface area contributed by atoms with Gasteiger partial charge in [-0.05, 0) is 55.3 Å². The van der Waals surface area contributed by atoms with E-state index in [0.717, 1.165) is 22.5 Å². The molecule has 0 atom stereocenters. The second-order valence-corrected chi connectivity index (χ2v) is 5.45. The molecule has 2 aromatic rings. The zero-order valence-corrected chi connectivity index (χ0v) is 12.8. The van der Waals surface area contributed by atoms with Crippen LogP contribution in [0.5, 0.6) is 5.75 Å². The molecule has 0 bridgehead atoms. The van der Waals surface area contributed by atoms with Gasteiger partial charge in [0.2, 0.25) is 0 Å². The third-order valence-electron chi connectivity index (χ3n) is 3.00. The molecule has 0 aliphatic carbocycles. The minimum absolute atomic E-state index is 0.648. The van der Waals surface area contributed by atoms with Crippen LogP contribution in [0.3, 0.4) is 0 Å². The van der Waals surface area contributed by atoms with Gasteiger partial charge in [0.1, 0.15) is 12.4 Å². The van der Waals surface area contributed by atoms with Gasteiger partial charge in [0.15, 0.2) is 0 Å². The van der Waals surface area contributed by atoms with E-state index >= 15 is 0 Å². The smallest absolute Gasteiger partial charge is 0.119 e. The van der Waals surface area contributed by atoms with Crippen LogP contribution in [0.25, 0.3) is 0 Å². The Labute approximate surface area is 122 Å². The molecule has 0 radical (unpaired) electrons. The van der Waals surface area contributed by atoms with E-state index < -0.39 is 0 Å². The molecule has 0 fully saturated rings. The maximum atomic E-state index is 5.72.